The highest BCUT2D eigenvalue weighted by Crippen LogP contribution is 2.40. The number of urea groups is 1. The van der Waals surface area contributed by atoms with Crippen molar-refractivity contribution in [3.8, 4) is 0 Å². The van der Waals surface area contributed by atoms with Crippen LogP contribution in [0.4, 0.5) is 4.79 Å². The molecule has 3 rings (SSSR count). The molecule has 1 aromatic rings. The molecule has 25 heavy (non-hydrogen) atoms. The van der Waals surface area contributed by atoms with Gasteiger partial charge in [-0.15, -0.1) is 11.3 Å². The number of hydrogen-bond acceptors (Lipinski definition) is 5. The van der Waals surface area contributed by atoms with Gasteiger partial charge < -0.3 is 10.1 Å². The topological polar surface area (TPSA) is 75.7 Å². The summed E-state index contributed by atoms with van der Waals surface area (Å²) in [7, 11) is 0. The number of thiophene rings is 1. The van der Waals surface area contributed by atoms with Crippen LogP contribution in [0.3, 0.4) is 0 Å². The first-order valence-electron chi connectivity index (χ1n) is 8.62. The SMILES string of the molecule is CC(C)(C)[C@@H]1CCc2sc(C(=O)OCC(=O)N3CCNC3=O)cc2C1. The molecule has 1 aliphatic heterocycles. The zero-order chi connectivity index (χ0) is 18.2. The largest absolute Gasteiger partial charge is 0.451 e. The molecule has 1 aromatic heterocycles. The quantitative estimate of drug-likeness (QED) is 0.837. The first-order valence-corrected chi connectivity index (χ1v) is 9.44. The second-order valence-corrected chi connectivity index (χ2v) is 8.86. The van der Waals surface area contributed by atoms with Gasteiger partial charge in [-0.05, 0) is 42.2 Å². The van der Waals surface area contributed by atoms with Gasteiger partial charge in [0, 0.05) is 18.0 Å². The van der Waals surface area contributed by atoms with Crippen LogP contribution in [-0.2, 0) is 22.4 Å². The molecule has 0 saturated carbocycles. The number of carbonyl (C=O) groups excluding carboxylic acids is 3. The van der Waals surface area contributed by atoms with Crippen molar-refractivity contribution in [3.63, 3.8) is 0 Å². The molecule has 6 nitrogen and oxygen atoms in total. The second-order valence-electron chi connectivity index (χ2n) is 7.72. The molecule has 2 heterocycles. The number of esters is 1. The van der Waals surface area contributed by atoms with Gasteiger partial charge in [-0.1, -0.05) is 20.8 Å². The summed E-state index contributed by atoms with van der Waals surface area (Å²) in [5.41, 5.74) is 1.48. The van der Waals surface area contributed by atoms with Crippen molar-refractivity contribution >= 4 is 29.2 Å². The van der Waals surface area contributed by atoms with E-state index in [9.17, 15) is 14.4 Å². The maximum absolute atomic E-state index is 12.3. The predicted molar refractivity (Wildman–Crippen MR) is 94.7 cm³/mol. The van der Waals surface area contributed by atoms with Crippen molar-refractivity contribution in [1.29, 1.82) is 0 Å². The Morgan fingerprint density at radius 3 is 2.80 bits per heavy atom. The fraction of sp³-hybridized carbons (Fsp3) is 0.611. The minimum absolute atomic E-state index is 0.253. The van der Waals surface area contributed by atoms with E-state index < -0.39 is 24.5 Å². The van der Waals surface area contributed by atoms with Gasteiger partial charge in [0.25, 0.3) is 5.91 Å². The summed E-state index contributed by atoms with van der Waals surface area (Å²) in [5, 5.41) is 2.55. The minimum Gasteiger partial charge on any atom is -0.451 e. The highest BCUT2D eigenvalue weighted by molar-refractivity contribution is 7.14. The molecule has 0 radical (unpaired) electrons. The Kier molecular flexibility index (Phi) is 4.86. The standard InChI is InChI=1S/C18H24N2O4S/c1-18(2,3)12-4-5-13-11(8-12)9-14(25-13)16(22)24-10-15(21)20-7-6-19-17(20)23/h9,12H,4-8,10H2,1-3H3,(H,19,23)/t12-/m1/s1. The average molecular weight is 364 g/mol. The van der Waals surface area contributed by atoms with Gasteiger partial charge in [-0.25, -0.2) is 9.59 Å². The summed E-state index contributed by atoms with van der Waals surface area (Å²) in [5.74, 6) is -0.370. The minimum atomic E-state index is -0.488. The predicted octanol–water partition coefficient (Wildman–Crippen LogP) is 2.61. The molecule has 3 amide bonds. The normalized spacial score (nSPS) is 20.2. The number of rotatable bonds is 3. The molecular formula is C18H24N2O4S. The van der Waals surface area contributed by atoms with Gasteiger partial charge in [0.05, 0.1) is 0 Å². The zero-order valence-corrected chi connectivity index (χ0v) is 15.7. The van der Waals surface area contributed by atoms with Gasteiger partial charge in [0.2, 0.25) is 0 Å². The van der Waals surface area contributed by atoms with Crippen LogP contribution in [0.5, 0.6) is 0 Å². The number of ether oxygens (including phenoxy) is 1. The molecule has 7 heteroatoms. The molecule has 1 saturated heterocycles. The maximum atomic E-state index is 12.3. The monoisotopic (exact) mass is 364 g/mol. The number of fused-ring (bicyclic) bond motifs is 1. The third kappa shape index (κ3) is 3.86. The molecule has 2 aliphatic rings. The maximum Gasteiger partial charge on any atom is 0.348 e. The third-order valence-electron chi connectivity index (χ3n) is 4.99. The fourth-order valence-electron chi connectivity index (χ4n) is 3.35. The Labute approximate surface area is 151 Å². The van der Waals surface area contributed by atoms with Crippen LogP contribution in [0.1, 0.15) is 47.3 Å². The molecule has 1 atom stereocenters. The van der Waals surface area contributed by atoms with Crippen LogP contribution in [0.2, 0.25) is 0 Å². The number of nitrogens with zero attached hydrogens (tertiary/aromatic N) is 1. The van der Waals surface area contributed by atoms with E-state index in [0.29, 0.717) is 23.9 Å². The molecule has 136 valence electrons. The number of hydrogen-bond donors (Lipinski definition) is 1. The van der Waals surface area contributed by atoms with E-state index >= 15 is 0 Å². The summed E-state index contributed by atoms with van der Waals surface area (Å²) in [6.45, 7) is 7.11. The molecule has 0 aromatic carbocycles. The van der Waals surface area contributed by atoms with E-state index in [1.54, 1.807) is 0 Å². The number of amides is 3. The van der Waals surface area contributed by atoms with E-state index in [0.717, 1.165) is 24.2 Å². The second kappa shape index (κ2) is 6.78. The number of carbonyl (C=O) groups is 3. The van der Waals surface area contributed by atoms with Gasteiger partial charge in [0.1, 0.15) is 4.88 Å². The van der Waals surface area contributed by atoms with Crippen LogP contribution in [0.25, 0.3) is 0 Å². The summed E-state index contributed by atoms with van der Waals surface area (Å²) >= 11 is 1.46. The highest BCUT2D eigenvalue weighted by atomic mass is 32.1. The van der Waals surface area contributed by atoms with Crippen molar-refractivity contribution < 1.29 is 19.1 Å². The van der Waals surface area contributed by atoms with Crippen molar-refractivity contribution in [1.82, 2.24) is 10.2 Å². The molecule has 1 fully saturated rings. The van der Waals surface area contributed by atoms with Crippen LogP contribution < -0.4 is 5.32 Å². The first kappa shape index (κ1) is 17.9. The Morgan fingerprint density at radius 2 is 2.16 bits per heavy atom. The van der Waals surface area contributed by atoms with Crippen LogP contribution in [0, 0.1) is 11.3 Å². The fourth-order valence-corrected chi connectivity index (χ4v) is 4.45. The summed E-state index contributed by atoms with van der Waals surface area (Å²) < 4.78 is 5.12. The van der Waals surface area contributed by atoms with Gasteiger partial charge in [0.15, 0.2) is 6.61 Å². The lowest BCUT2D eigenvalue weighted by Crippen LogP contribution is -2.37. The lowest BCUT2D eigenvalue weighted by atomic mass is 9.72. The third-order valence-corrected chi connectivity index (χ3v) is 6.21. The Hall–Kier alpha value is -1.89. The van der Waals surface area contributed by atoms with Gasteiger partial charge in [-0.3, -0.25) is 9.69 Å². The van der Waals surface area contributed by atoms with Crippen molar-refractivity contribution in [2.24, 2.45) is 11.3 Å². The van der Waals surface area contributed by atoms with Crippen molar-refractivity contribution in [3.05, 3.63) is 21.4 Å². The van der Waals surface area contributed by atoms with Crippen LogP contribution in [-0.4, -0.2) is 42.5 Å². The van der Waals surface area contributed by atoms with E-state index in [4.69, 9.17) is 4.74 Å². The number of imide groups is 1. The zero-order valence-electron chi connectivity index (χ0n) is 14.9. The van der Waals surface area contributed by atoms with Crippen molar-refractivity contribution in [2.75, 3.05) is 19.7 Å². The molecule has 0 spiro atoms. The molecule has 1 aliphatic carbocycles. The first-order chi connectivity index (χ1) is 11.8. The lowest BCUT2D eigenvalue weighted by Gasteiger charge is -2.33. The summed E-state index contributed by atoms with van der Waals surface area (Å²) in [4.78, 5) is 38.5. The van der Waals surface area contributed by atoms with E-state index in [2.05, 4.69) is 26.1 Å². The highest BCUT2D eigenvalue weighted by Gasteiger charge is 2.31. The van der Waals surface area contributed by atoms with Crippen molar-refractivity contribution in [2.45, 2.75) is 40.0 Å². The number of aryl methyl sites for hydroxylation is 1. The van der Waals surface area contributed by atoms with E-state index in [-0.39, 0.29) is 5.41 Å². The van der Waals surface area contributed by atoms with Crippen LogP contribution >= 0.6 is 11.3 Å². The lowest BCUT2D eigenvalue weighted by molar-refractivity contribution is -0.130. The van der Waals surface area contributed by atoms with Crippen LogP contribution in [0.15, 0.2) is 6.07 Å². The van der Waals surface area contributed by atoms with E-state index in [1.807, 2.05) is 6.07 Å². The summed E-state index contributed by atoms with van der Waals surface area (Å²) in [6.07, 6.45) is 3.10. The Morgan fingerprint density at radius 1 is 1.40 bits per heavy atom. The smallest absolute Gasteiger partial charge is 0.348 e. The summed E-state index contributed by atoms with van der Waals surface area (Å²) in [6, 6.07) is 1.48. The molecule has 0 unspecified atom stereocenters. The van der Waals surface area contributed by atoms with E-state index in [1.165, 1.54) is 21.8 Å². The molecular weight excluding hydrogens is 340 g/mol. The van der Waals surface area contributed by atoms with Gasteiger partial charge >= 0.3 is 12.0 Å². The average Bonchev–Trinajstić information content (AvgIpc) is 3.16. The Balaban J connectivity index is 1.60. The molecule has 1 N–H and O–H groups in total. The van der Waals surface area contributed by atoms with Gasteiger partial charge in [-0.2, -0.15) is 0 Å². The molecule has 0 bridgehead atoms. The Bertz CT molecular complexity index is 704. The number of nitrogens with one attached hydrogen (secondary N) is 1.